The molecule has 0 radical (unpaired) electrons. The lowest BCUT2D eigenvalue weighted by atomic mass is 9.94. The second kappa shape index (κ2) is 10.4. The van der Waals surface area contributed by atoms with Gasteiger partial charge in [-0.1, -0.05) is 116 Å². The van der Waals surface area contributed by atoms with Crippen LogP contribution in [0.2, 0.25) is 0 Å². The Labute approximate surface area is 265 Å². The third-order valence-electron chi connectivity index (χ3n) is 8.81. The molecule has 0 bridgehead atoms. The van der Waals surface area contributed by atoms with E-state index in [4.69, 9.17) is 15.0 Å². The summed E-state index contributed by atoms with van der Waals surface area (Å²) < 4.78 is 5.14. The first-order valence-corrected chi connectivity index (χ1v) is 16.2. The lowest BCUT2D eigenvalue weighted by molar-refractivity contribution is 0.691. The van der Waals surface area contributed by atoms with E-state index in [0.717, 1.165) is 28.8 Å². The van der Waals surface area contributed by atoms with E-state index in [0.29, 0.717) is 23.4 Å². The van der Waals surface area contributed by atoms with E-state index in [1.165, 1.54) is 42.3 Å². The van der Waals surface area contributed by atoms with Crippen molar-refractivity contribution < 1.29 is 0 Å². The third-order valence-corrected chi connectivity index (χ3v) is 10.0. The predicted octanol–water partition coefficient (Wildman–Crippen LogP) is 10.4. The second-order valence-corrected chi connectivity index (χ2v) is 12.8. The molecule has 0 amide bonds. The summed E-state index contributed by atoms with van der Waals surface area (Å²) in [7, 11) is 0. The van der Waals surface area contributed by atoms with Crippen LogP contribution in [0.4, 0.5) is 0 Å². The highest BCUT2D eigenvalue weighted by atomic mass is 32.1. The molecule has 1 aliphatic rings. The maximum Gasteiger partial charge on any atom is 0.166 e. The second-order valence-electron chi connectivity index (χ2n) is 11.7. The van der Waals surface area contributed by atoms with E-state index in [-0.39, 0.29) is 0 Å². The predicted molar refractivity (Wildman–Crippen MR) is 188 cm³/mol. The van der Waals surface area contributed by atoms with Gasteiger partial charge >= 0.3 is 0 Å². The lowest BCUT2D eigenvalue weighted by Gasteiger charge is -2.19. The van der Waals surface area contributed by atoms with Crippen LogP contribution >= 0.6 is 11.3 Å². The van der Waals surface area contributed by atoms with Gasteiger partial charge in [-0.05, 0) is 36.6 Å². The Morgan fingerprint density at radius 2 is 1.29 bits per heavy atom. The first-order chi connectivity index (χ1) is 22.2. The van der Waals surface area contributed by atoms with E-state index in [9.17, 15) is 0 Å². The number of aromatic nitrogens is 4. The number of para-hydroxylation sites is 1. The zero-order valence-electron chi connectivity index (χ0n) is 24.7. The molecule has 0 aliphatic heterocycles. The summed E-state index contributed by atoms with van der Waals surface area (Å²) in [4.78, 5) is 15.2. The normalized spacial score (nSPS) is 14.4. The average molecular weight is 597 g/mol. The van der Waals surface area contributed by atoms with Crippen LogP contribution in [0.3, 0.4) is 0 Å². The van der Waals surface area contributed by atoms with Crippen LogP contribution in [0, 0.1) is 5.92 Å². The molecule has 0 saturated carbocycles. The molecule has 5 aromatic carbocycles. The van der Waals surface area contributed by atoms with Gasteiger partial charge in [0.15, 0.2) is 17.5 Å². The maximum atomic E-state index is 5.11. The Hall–Kier alpha value is -5.39. The topological polar surface area (TPSA) is 43.6 Å². The number of fused-ring (bicyclic) bond motifs is 7. The third kappa shape index (κ3) is 4.23. The number of thiophene rings is 1. The first-order valence-electron chi connectivity index (χ1n) is 15.4. The number of allylic oxidation sites excluding steroid dienone is 1. The van der Waals surface area contributed by atoms with Gasteiger partial charge in [0.2, 0.25) is 0 Å². The molecule has 9 rings (SSSR count). The summed E-state index contributed by atoms with van der Waals surface area (Å²) in [6, 6.07) is 42.3. The van der Waals surface area contributed by atoms with Gasteiger partial charge in [0, 0.05) is 53.5 Å². The van der Waals surface area contributed by atoms with Crippen molar-refractivity contribution >= 4 is 48.5 Å². The molecule has 0 N–H and O–H groups in total. The van der Waals surface area contributed by atoms with Crippen molar-refractivity contribution in [2.24, 2.45) is 5.92 Å². The average Bonchev–Trinajstić information content (AvgIpc) is 3.64. The van der Waals surface area contributed by atoms with Gasteiger partial charge in [-0.15, -0.1) is 11.3 Å². The highest BCUT2D eigenvalue weighted by Gasteiger charge is 2.26. The summed E-state index contributed by atoms with van der Waals surface area (Å²) >= 11 is 1.89. The first kappa shape index (κ1) is 26.1. The number of hydrogen-bond donors (Lipinski definition) is 0. The van der Waals surface area contributed by atoms with Gasteiger partial charge in [0.25, 0.3) is 0 Å². The van der Waals surface area contributed by atoms with E-state index < -0.39 is 0 Å². The lowest BCUT2D eigenvalue weighted by Crippen LogP contribution is -2.10. The Bertz CT molecular complexity index is 2360. The highest BCUT2D eigenvalue weighted by Crippen LogP contribution is 2.45. The molecule has 214 valence electrons. The molecule has 0 saturated heterocycles. The summed E-state index contributed by atoms with van der Waals surface area (Å²) in [5, 5.41) is 3.97. The highest BCUT2D eigenvalue weighted by molar-refractivity contribution is 7.26. The quantitative estimate of drug-likeness (QED) is 0.203. The summed E-state index contributed by atoms with van der Waals surface area (Å²) in [6.07, 6.45) is 5.66. The molecule has 1 unspecified atom stereocenters. The summed E-state index contributed by atoms with van der Waals surface area (Å²) in [5.41, 5.74) is 7.85. The van der Waals surface area contributed by atoms with Gasteiger partial charge in [0.05, 0.1) is 11.2 Å². The molecule has 8 aromatic rings. The van der Waals surface area contributed by atoms with E-state index in [1.807, 2.05) is 47.7 Å². The molecule has 5 heteroatoms. The van der Waals surface area contributed by atoms with E-state index >= 15 is 0 Å². The van der Waals surface area contributed by atoms with Gasteiger partial charge in [-0.25, -0.2) is 15.0 Å². The maximum absolute atomic E-state index is 5.11. The van der Waals surface area contributed by atoms with Crippen LogP contribution < -0.4 is 0 Å². The number of benzene rings is 5. The minimum Gasteiger partial charge on any atom is -0.312 e. The van der Waals surface area contributed by atoms with Crippen molar-refractivity contribution in [3.05, 3.63) is 139 Å². The Balaban J connectivity index is 1.33. The molecule has 1 aliphatic carbocycles. The molecule has 3 heterocycles. The van der Waals surface area contributed by atoms with Crippen molar-refractivity contribution in [2.45, 2.75) is 13.3 Å². The molecular formula is C40H28N4S. The standard InChI is InChI=1S/C40H28N4S/c1-25-20-21-30-34(24-25)44(33-23-22-29-28-16-9-11-19-35(28)45-37(29)36(30)33)32-18-10-8-17-31(32)40-42-38(26-12-4-2-5-13-26)41-39(43-40)27-14-6-3-7-15-27/h2-23,25H,24H2,1H3. The largest absolute Gasteiger partial charge is 0.312 e. The van der Waals surface area contributed by atoms with Crippen molar-refractivity contribution in [3.63, 3.8) is 0 Å². The number of nitrogens with zero attached hydrogens (tertiary/aromatic N) is 4. The zero-order valence-corrected chi connectivity index (χ0v) is 25.5. The molecule has 0 fully saturated rings. The van der Waals surface area contributed by atoms with Crippen LogP contribution in [0.1, 0.15) is 18.2 Å². The van der Waals surface area contributed by atoms with Crippen molar-refractivity contribution in [3.8, 4) is 39.9 Å². The Morgan fingerprint density at radius 3 is 2.04 bits per heavy atom. The van der Waals surface area contributed by atoms with Crippen molar-refractivity contribution in [1.29, 1.82) is 0 Å². The molecule has 4 nitrogen and oxygen atoms in total. The number of rotatable bonds is 4. The van der Waals surface area contributed by atoms with Gasteiger partial charge < -0.3 is 4.57 Å². The van der Waals surface area contributed by atoms with Crippen molar-refractivity contribution in [1.82, 2.24) is 19.5 Å². The minimum atomic E-state index is 0.442. The zero-order chi connectivity index (χ0) is 29.9. The SMILES string of the molecule is CC1C=Cc2c(n(-c3ccccc3-c3nc(-c4ccccc4)nc(-c4ccccc4)n3)c3ccc4c5ccccc5sc4c23)C1. The fraction of sp³-hybridized carbons (Fsp3) is 0.0750. The van der Waals surface area contributed by atoms with Gasteiger partial charge in [0.1, 0.15) is 0 Å². The molecule has 0 spiro atoms. The van der Waals surface area contributed by atoms with Crippen LogP contribution in [-0.2, 0) is 6.42 Å². The Morgan fingerprint density at radius 1 is 0.644 bits per heavy atom. The summed E-state index contributed by atoms with van der Waals surface area (Å²) in [6.45, 7) is 2.30. The van der Waals surface area contributed by atoms with E-state index in [1.54, 1.807) is 0 Å². The monoisotopic (exact) mass is 596 g/mol. The molecule has 45 heavy (non-hydrogen) atoms. The van der Waals surface area contributed by atoms with Crippen LogP contribution in [0.5, 0.6) is 0 Å². The van der Waals surface area contributed by atoms with Gasteiger partial charge in [-0.2, -0.15) is 0 Å². The molecule has 3 aromatic heterocycles. The fourth-order valence-corrected chi connectivity index (χ4v) is 7.97. The minimum absolute atomic E-state index is 0.442. The van der Waals surface area contributed by atoms with E-state index in [2.05, 4.69) is 109 Å². The fourth-order valence-electron chi connectivity index (χ4n) is 6.71. The Kier molecular flexibility index (Phi) is 6.00. The number of hydrogen-bond acceptors (Lipinski definition) is 4. The van der Waals surface area contributed by atoms with Gasteiger partial charge in [-0.3, -0.25) is 0 Å². The smallest absolute Gasteiger partial charge is 0.166 e. The molecule has 1 atom stereocenters. The van der Waals surface area contributed by atoms with Crippen LogP contribution in [0.25, 0.3) is 77.0 Å². The van der Waals surface area contributed by atoms with Crippen molar-refractivity contribution in [2.75, 3.05) is 0 Å². The summed E-state index contributed by atoms with van der Waals surface area (Å²) in [5.74, 6) is 2.43. The van der Waals surface area contributed by atoms with Crippen LogP contribution in [0.15, 0.2) is 127 Å². The van der Waals surface area contributed by atoms with Crippen LogP contribution in [-0.4, -0.2) is 19.5 Å². The molecular weight excluding hydrogens is 569 g/mol.